The lowest BCUT2D eigenvalue weighted by atomic mass is 9.90. The van der Waals surface area contributed by atoms with E-state index >= 15 is 0 Å². The summed E-state index contributed by atoms with van der Waals surface area (Å²) in [6.45, 7) is 4.92. The minimum Gasteiger partial charge on any atom is -0.399 e. The molecule has 0 radical (unpaired) electrons. The standard InChI is InChI=1S/C30H31ClN6O4.C29H32ClN7O2/c31-26-18-32-30(35-28(26)24-10-8-19-4-1-2-7-23(19)24)34-21-6-3-5-20(16-21)33-29(38)25-11-9-22(37(39)40)17-27(25)36-12-14-41-15-13-36;30-24-17-33-29(36-27(24)23-16-32-25-7-2-1-6-21(23)25)35-20-5-3-4-19(15-20)34-28(38)22-9-8-18(31)14-26(22)37-10-12-39-13-11-37/h1-2,4,7,9-11,17-18,20-21H,3,5-6,8,12-16H2,(H,33,38)(H,32,34,35);1-2,6-9,14,16-17,19-20,32H,3-5,10-13,15,31H2,(H,34,38)(H,33,35,36)/t20-,21+;19-,20+/m00/s1. The highest BCUT2D eigenvalue weighted by atomic mass is 35.5. The van der Waals surface area contributed by atoms with Gasteiger partial charge < -0.3 is 51.3 Å². The summed E-state index contributed by atoms with van der Waals surface area (Å²) in [5.74, 6) is 0.733. The Morgan fingerprint density at radius 2 is 1.23 bits per heavy atom. The second kappa shape index (κ2) is 24.7. The molecule has 4 aromatic carbocycles. The molecule has 80 heavy (non-hydrogen) atoms. The van der Waals surface area contributed by atoms with Crippen LogP contribution in [0.3, 0.4) is 0 Å². The summed E-state index contributed by atoms with van der Waals surface area (Å²) < 4.78 is 10.9. The Labute approximate surface area is 473 Å². The number of nitro groups is 1. The Hall–Kier alpha value is -7.84. The van der Waals surface area contributed by atoms with Crippen LogP contribution in [0.5, 0.6) is 0 Å². The lowest BCUT2D eigenvalue weighted by molar-refractivity contribution is -0.384. The number of nitrogens with zero attached hydrogens (tertiary/aromatic N) is 7. The number of aromatic nitrogens is 5. The number of ether oxygens (including phenoxy) is 2. The topological polar surface area (TPSA) is 244 Å². The number of morpholine rings is 2. The molecule has 4 fully saturated rings. The molecule has 5 aliphatic rings. The number of aromatic amines is 1. The van der Waals surface area contributed by atoms with Gasteiger partial charge >= 0.3 is 0 Å². The van der Waals surface area contributed by atoms with Gasteiger partial charge in [0, 0.05) is 96.4 Å². The van der Waals surface area contributed by atoms with Crippen molar-refractivity contribution in [3.8, 4) is 11.3 Å². The molecule has 12 rings (SSSR count). The number of fused-ring (bicyclic) bond motifs is 2. The van der Waals surface area contributed by atoms with E-state index in [-0.39, 0.29) is 41.7 Å². The van der Waals surface area contributed by atoms with Crippen LogP contribution in [0.25, 0.3) is 27.7 Å². The molecule has 2 amide bonds. The molecule has 2 saturated carbocycles. The third-order valence-electron chi connectivity index (χ3n) is 15.5. The highest BCUT2D eigenvalue weighted by molar-refractivity contribution is 6.33. The minimum atomic E-state index is -0.435. The number of rotatable bonds is 13. The van der Waals surface area contributed by atoms with E-state index in [0.717, 1.165) is 97.7 Å². The van der Waals surface area contributed by atoms with E-state index in [4.69, 9.17) is 48.4 Å². The minimum absolute atomic E-state index is 0.0378. The van der Waals surface area contributed by atoms with Gasteiger partial charge in [-0.15, -0.1) is 0 Å². The molecule has 7 aromatic rings. The first-order chi connectivity index (χ1) is 39.0. The summed E-state index contributed by atoms with van der Waals surface area (Å²) in [7, 11) is 0. The number of nitrogens with one attached hydrogen (secondary N) is 5. The number of non-ortho nitro benzene ring substituents is 1. The van der Waals surface area contributed by atoms with Gasteiger partial charge in [0.15, 0.2) is 0 Å². The van der Waals surface area contributed by atoms with Crippen molar-refractivity contribution in [1.29, 1.82) is 0 Å². The van der Waals surface area contributed by atoms with Crippen molar-refractivity contribution in [2.75, 3.05) is 78.8 Å². The van der Waals surface area contributed by atoms with Gasteiger partial charge in [0.2, 0.25) is 11.9 Å². The fourth-order valence-corrected chi connectivity index (χ4v) is 11.9. The maximum absolute atomic E-state index is 13.4. The molecule has 4 atom stereocenters. The summed E-state index contributed by atoms with van der Waals surface area (Å²) in [5, 5.41) is 26.9. The monoisotopic (exact) mass is 1120 g/mol. The van der Waals surface area contributed by atoms with Gasteiger partial charge in [0.1, 0.15) is 0 Å². The molecule has 0 spiro atoms. The number of amides is 2. The molecular formula is C59H63Cl2N13O6. The van der Waals surface area contributed by atoms with E-state index in [2.05, 4.69) is 59.3 Å². The Morgan fingerprint density at radius 3 is 1.86 bits per heavy atom. The number of nitro benzene ring substituents is 1. The Balaban J connectivity index is 0.000000169. The van der Waals surface area contributed by atoms with Crippen molar-refractivity contribution < 1.29 is 24.0 Å². The number of nitrogens with two attached hydrogens (primary N) is 1. The van der Waals surface area contributed by atoms with Gasteiger partial charge in [0.05, 0.1) is 87.7 Å². The normalized spacial score (nSPS) is 19.9. The average molecular weight is 1120 g/mol. The first-order valence-corrected chi connectivity index (χ1v) is 28.2. The number of para-hydroxylation sites is 1. The average Bonchev–Trinajstić information content (AvgIpc) is 4.13. The third kappa shape index (κ3) is 12.5. The zero-order valence-electron chi connectivity index (χ0n) is 44.1. The van der Waals surface area contributed by atoms with Crippen LogP contribution < -0.4 is 36.8 Å². The Morgan fingerprint density at radius 1 is 0.675 bits per heavy atom. The van der Waals surface area contributed by atoms with E-state index in [1.165, 1.54) is 17.7 Å². The summed E-state index contributed by atoms with van der Waals surface area (Å²) in [6, 6.07) is 26.4. The molecule has 21 heteroatoms. The highest BCUT2D eigenvalue weighted by Gasteiger charge is 2.30. The summed E-state index contributed by atoms with van der Waals surface area (Å²) in [6.07, 6.45) is 15.3. The summed E-state index contributed by atoms with van der Waals surface area (Å²) in [4.78, 5) is 63.7. The number of carbonyl (C=O) groups excluding carboxylic acids is 2. The predicted octanol–water partition coefficient (Wildman–Crippen LogP) is 9.87. The van der Waals surface area contributed by atoms with E-state index in [9.17, 15) is 19.7 Å². The number of hydrogen-bond donors (Lipinski definition) is 6. The first-order valence-electron chi connectivity index (χ1n) is 27.4. The van der Waals surface area contributed by atoms with Crippen LogP contribution in [-0.2, 0) is 15.9 Å². The SMILES string of the molecule is Nc1ccc(C(=O)N[C@H]2CCC[C@@H](Nc3ncc(Cl)c(-c4c[nH]c5ccccc45)n3)C2)c(N2CCOCC2)c1.O=C(N[C@H]1CCC[C@@H](Nc2ncc(Cl)c(C3=CCc4ccccc43)n2)C1)c1ccc([N+](=O)[O-])cc1N1CCOCC1. The smallest absolute Gasteiger partial charge is 0.271 e. The van der Waals surface area contributed by atoms with Gasteiger partial charge in [-0.2, -0.15) is 0 Å². The van der Waals surface area contributed by atoms with Crippen LogP contribution in [0.4, 0.5) is 34.6 Å². The largest absolute Gasteiger partial charge is 0.399 e. The molecule has 2 aliphatic heterocycles. The fourth-order valence-electron chi connectivity index (χ4n) is 11.5. The maximum atomic E-state index is 13.4. The maximum Gasteiger partial charge on any atom is 0.271 e. The fraction of sp³-hybridized carbons (Fsp3) is 0.356. The molecule has 0 bridgehead atoms. The number of benzene rings is 4. The Bertz CT molecular complexity index is 3440. The molecule has 0 unspecified atom stereocenters. The second-order valence-electron chi connectivity index (χ2n) is 20.8. The van der Waals surface area contributed by atoms with Crippen LogP contribution in [0.15, 0.2) is 110 Å². The molecule has 3 aromatic heterocycles. The lowest BCUT2D eigenvalue weighted by Gasteiger charge is -2.32. The van der Waals surface area contributed by atoms with Crippen LogP contribution >= 0.6 is 23.2 Å². The van der Waals surface area contributed by atoms with Gasteiger partial charge in [-0.25, -0.2) is 19.9 Å². The van der Waals surface area contributed by atoms with Gasteiger partial charge in [-0.3, -0.25) is 19.7 Å². The molecule has 3 aliphatic carbocycles. The zero-order chi connectivity index (χ0) is 55.1. The second-order valence-corrected chi connectivity index (χ2v) is 21.6. The molecular weight excluding hydrogens is 1060 g/mol. The number of allylic oxidation sites excluding steroid dienone is 1. The van der Waals surface area contributed by atoms with Crippen LogP contribution in [-0.4, -0.2) is 118 Å². The van der Waals surface area contributed by atoms with Crippen molar-refractivity contribution in [2.45, 2.75) is 82.0 Å². The van der Waals surface area contributed by atoms with Crippen molar-refractivity contribution >= 4 is 86.1 Å². The van der Waals surface area contributed by atoms with E-state index < -0.39 is 4.92 Å². The summed E-state index contributed by atoms with van der Waals surface area (Å²) >= 11 is 13.0. The van der Waals surface area contributed by atoms with Crippen molar-refractivity contribution in [1.82, 2.24) is 35.6 Å². The first kappa shape index (κ1) is 54.1. The number of H-pyrrole nitrogens is 1. The third-order valence-corrected chi connectivity index (χ3v) is 16.1. The number of anilines is 5. The quantitative estimate of drug-likeness (QED) is 0.0357. The molecule has 7 N–H and O–H groups in total. The number of carbonyl (C=O) groups is 2. The molecule has 414 valence electrons. The van der Waals surface area contributed by atoms with Gasteiger partial charge in [-0.05, 0) is 99.2 Å². The highest BCUT2D eigenvalue weighted by Crippen LogP contribution is 2.37. The van der Waals surface area contributed by atoms with E-state index in [1.54, 1.807) is 24.5 Å². The predicted molar refractivity (Wildman–Crippen MR) is 313 cm³/mol. The molecule has 5 heterocycles. The molecule has 19 nitrogen and oxygen atoms in total. The van der Waals surface area contributed by atoms with E-state index in [0.29, 0.717) is 102 Å². The lowest BCUT2D eigenvalue weighted by Crippen LogP contribution is -2.43. The van der Waals surface area contributed by atoms with Crippen LogP contribution in [0.2, 0.25) is 10.0 Å². The Kier molecular flexibility index (Phi) is 16.7. The number of nitrogen functional groups attached to an aromatic ring is 1. The van der Waals surface area contributed by atoms with Crippen LogP contribution in [0.1, 0.15) is 88.9 Å². The van der Waals surface area contributed by atoms with Gasteiger partial charge in [-0.1, -0.05) is 71.7 Å². The molecule has 2 saturated heterocycles. The van der Waals surface area contributed by atoms with Crippen LogP contribution in [0, 0.1) is 10.1 Å². The van der Waals surface area contributed by atoms with Gasteiger partial charge in [0.25, 0.3) is 17.5 Å². The van der Waals surface area contributed by atoms with E-state index in [1.807, 2.05) is 59.6 Å². The zero-order valence-corrected chi connectivity index (χ0v) is 45.6. The number of hydrogen-bond acceptors (Lipinski definition) is 15. The van der Waals surface area contributed by atoms with Crippen molar-refractivity contribution in [3.63, 3.8) is 0 Å². The van der Waals surface area contributed by atoms with Crippen molar-refractivity contribution in [2.24, 2.45) is 0 Å². The summed E-state index contributed by atoms with van der Waals surface area (Å²) in [5.41, 5.74) is 16.0. The van der Waals surface area contributed by atoms with Crippen molar-refractivity contribution in [3.05, 3.63) is 158 Å². The number of halogens is 2.